The topological polar surface area (TPSA) is 107 Å². The van der Waals surface area contributed by atoms with E-state index >= 15 is 0 Å². The van der Waals surface area contributed by atoms with Crippen molar-refractivity contribution >= 4 is 11.8 Å². The Labute approximate surface area is 166 Å². The molecule has 0 radical (unpaired) electrons. The first-order valence-electron chi connectivity index (χ1n) is 9.08. The first kappa shape index (κ1) is 18.5. The molecule has 0 fully saturated rings. The zero-order valence-corrected chi connectivity index (χ0v) is 15.8. The van der Waals surface area contributed by atoms with E-state index in [-0.39, 0.29) is 17.6 Å². The van der Waals surface area contributed by atoms with Crippen LogP contribution in [0.2, 0.25) is 0 Å². The van der Waals surface area contributed by atoms with Gasteiger partial charge >= 0.3 is 5.63 Å². The van der Waals surface area contributed by atoms with Crippen LogP contribution in [-0.2, 0) is 12.8 Å². The monoisotopic (exact) mass is 393 g/mol. The van der Waals surface area contributed by atoms with Crippen molar-refractivity contribution in [2.75, 3.05) is 12.4 Å². The highest BCUT2D eigenvalue weighted by molar-refractivity contribution is 6.03. The molecule has 1 aromatic carbocycles. The number of aryl methyl sites for hydroxylation is 2. The first-order valence-corrected chi connectivity index (χ1v) is 9.08. The number of rotatable bonds is 6. The number of nitrogens with zero attached hydrogens (tertiary/aromatic N) is 1. The Kier molecular flexibility index (Phi) is 4.90. The van der Waals surface area contributed by atoms with Gasteiger partial charge in [0, 0.05) is 24.1 Å². The first-order chi connectivity index (χ1) is 14.0. The molecule has 2 N–H and O–H groups in total. The number of ether oxygens (including phenoxy) is 1. The highest BCUT2D eigenvalue weighted by Crippen LogP contribution is 2.25. The maximum Gasteiger partial charge on any atom is 0.337 e. The zero-order chi connectivity index (χ0) is 20.4. The molecule has 3 aromatic rings. The predicted molar refractivity (Wildman–Crippen MR) is 106 cm³/mol. The molecule has 148 valence electrons. The number of aromatic nitrogens is 1. The van der Waals surface area contributed by atoms with E-state index in [0.717, 1.165) is 22.8 Å². The van der Waals surface area contributed by atoms with Gasteiger partial charge in [0.1, 0.15) is 28.6 Å². The van der Waals surface area contributed by atoms with Crippen LogP contribution in [0.1, 0.15) is 28.1 Å². The van der Waals surface area contributed by atoms with Gasteiger partial charge in [-0.05, 0) is 42.7 Å². The Bertz CT molecular complexity index is 1130. The fraction of sp³-hybridized carbons (Fsp3) is 0.190. The van der Waals surface area contributed by atoms with Gasteiger partial charge in [0.2, 0.25) is 5.88 Å². The number of carbonyl (C=O) groups excluding carboxylic acids is 1. The van der Waals surface area contributed by atoms with Crippen molar-refractivity contribution in [3.05, 3.63) is 76.1 Å². The molecular weight excluding hydrogens is 374 g/mol. The van der Waals surface area contributed by atoms with Gasteiger partial charge in [-0.25, -0.2) is 4.79 Å². The number of carbonyl (C=O) groups is 1. The van der Waals surface area contributed by atoms with E-state index in [1.165, 1.54) is 6.07 Å². The van der Waals surface area contributed by atoms with Crippen molar-refractivity contribution < 1.29 is 18.5 Å². The molecule has 0 saturated heterocycles. The zero-order valence-electron chi connectivity index (χ0n) is 15.8. The summed E-state index contributed by atoms with van der Waals surface area (Å²) in [6.45, 7) is 3.63. The van der Waals surface area contributed by atoms with Crippen LogP contribution in [0.3, 0.4) is 0 Å². The minimum Gasteiger partial charge on any atom is -0.497 e. The summed E-state index contributed by atoms with van der Waals surface area (Å²) in [6, 6.07) is 10.8. The lowest BCUT2D eigenvalue weighted by Gasteiger charge is -2.20. The van der Waals surface area contributed by atoms with Crippen LogP contribution >= 0.6 is 0 Å². The van der Waals surface area contributed by atoms with Crippen LogP contribution in [0.25, 0.3) is 11.3 Å². The molecule has 0 unspecified atom stereocenters. The molecule has 0 spiro atoms. The van der Waals surface area contributed by atoms with Crippen LogP contribution in [0, 0.1) is 0 Å². The Morgan fingerprint density at radius 2 is 1.90 bits per heavy atom. The van der Waals surface area contributed by atoms with Crippen LogP contribution in [0.4, 0.5) is 5.88 Å². The summed E-state index contributed by atoms with van der Waals surface area (Å²) in [6.07, 6.45) is 1.79. The molecule has 0 aliphatic carbocycles. The van der Waals surface area contributed by atoms with Gasteiger partial charge in [-0.2, -0.15) is 0 Å². The van der Waals surface area contributed by atoms with Crippen molar-refractivity contribution in [1.82, 2.24) is 10.5 Å². The van der Waals surface area contributed by atoms with Gasteiger partial charge in [0.15, 0.2) is 0 Å². The summed E-state index contributed by atoms with van der Waals surface area (Å²) in [7, 11) is 1.62. The minimum absolute atomic E-state index is 0.128. The molecular formula is C21H19N3O5. The summed E-state index contributed by atoms with van der Waals surface area (Å²) in [5.41, 5.74) is 2.09. The van der Waals surface area contributed by atoms with Crippen molar-refractivity contribution in [2.45, 2.75) is 19.3 Å². The number of nitrogens with one attached hydrogen (secondary N) is 2. The van der Waals surface area contributed by atoms with Gasteiger partial charge < -0.3 is 24.3 Å². The lowest BCUT2D eigenvalue weighted by Crippen LogP contribution is -2.34. The second-order valence-electron chi connectivity index (χ2n) is 6.61. The lowest BCUT2D eigenvalue weighted by atomic mass is 10.0. The lowest BCUT2D eigenvalue weighted by molar-refractivity contribution is 0.0960. The van der Waals surface area contributed by atoms with Crippen molar-refractivity contribution in [2.24, 2.45) is 0 Å². The average Bonchev–Trinajstić information content (AvgIpc) is 3.16. The molecule has 0 atom stereocenters. The van der Waals surface area contributed by atoms with Crippen LogP contribution in [-0.4, -0.2) is 18.2 Å². The van der Waals surface area contributed by atoms with Gasteiger partial charge in [-0.15, -0.1) is 0 Å². The molecule has 1 aliphatic heterocycles. The van der Waals surface area contributed by atoms with E-state index in [1.807, 2.05) is 30.3 Å². The van der Waals surface area contributed by atoms with Crippen molar-refractivity contribution in [3.8, 4) is 17.0 Å². The fourth-order valence-electron chi connectivity index (χ4n) is 3.22. The number of hydrogen-bond donors (Lipinski definition) is 2. The summed E-state index contributed by atoms with van der Waals surface area (Å²) in [4.78, 5) is 24.1. The Morgan fingerprint density at radius 3 is 2.66 bits per heavy atom. The molecule has 3 heterocycles. The molecule has 2 aromatic heterocycles. The van der Waals surface area contributed by atoms with Gasteiger partial charge in [-0.3, -0.25) is 4.79 Å². The SMILES string of the molecule is C=C1NC(=O)c2c(CCCc3cc(-c4ccc(OC)cc4)no3)cc(=O)oc2N1. The standard InChI is InChI=1S/C21H19N3O5/c1-12-22-20(26)19-14(10-18(25)28-21(19)23-12)4-3-5-16-11-17(24-29-16)13-6-8-15(27-2)9-7-13/h6-11,23H,1,3-5H2,2H3,(H,22,26). The third-order valence-electron chi connectivity index (χ3n) is 4.61. The van der Waals surface area contributed by atoms with E-state index in [0.29, 0.717) is 30.4 Å². The molecule has 0 saturated carbocycles. The number of methoxy groups -OCH3 is 1. The van der Waals surface area contributed by atoms with E-state index in [1.54, 1.807) is 7.11 Å². The van der Waals surface area contributed by atoms with E-state index < -0.39 is 5.63 Å². The second kappa shape index (κ2) is 7.67. The van der Waals surface area contributed by atoms with E-state index in [9.17, 15) is 9.59 Å². The fourth-order valence-corrected chi connectivity index (χ4v) is 3.22. The molecule has 8 nitrogen and oxygen atoms in total. The third-order valence-corrected chi connectivity index (χ3v) is 4.61. The van der Waals surface area contributed by atoms with Crippen molar-refractivity contribution in [1.29, 1.82) is 0 Å². The van der Waals surface area contributed by atoms with Gasteiger partial charge in [-0.1, -0.05) is 11.7 Å². The summed E-state index contributed by atoms with van der Waals surface area (Å²) in [5, 5.41) is 9.48. The quantitative estimate of drug-likeness (QED) is 0.663. The molecule has 8 heteroatoms. The predicted octanol–water partition coefficient (Wildman–Crippen LogP) is 3.11. The highest BCUT2D eigenvalue weighted by Gasteiger charge is 2.25. The third kappa shape index (κ3) is 3.91. The second-order valence-corrected chi connectivity index (χ2v) is 6.61. The summed E-state index contributed by atoms with van der Waals surface area (Å²) >= 11 is 0. The molecule has 0 bridgehead atoms. The minimum atomic E-state index is -0.518. The maximum atomic E-state index is 12.3. The number of anilines is 1. The molecule has 1 amide bonds. The Morgan fingerprint density at radius 1 is 1.10 bits per heavy atom. The molecule has 4 rings (SSSR count). The van der Waals surface area contributed by atoms with Crippen LogP contribution < -0.4 is 21.0 Å². The van der Waals surface area contributed by atoms with Gasteiger partial charge in [0.25, 0.3) is 5.91 Å². The average molecular weight is 393 g/mol. The normalized spacial score (nSPS) is 12.9. The summed E-state index contributed by atoms with van der Waals surface area (Å²) < 4.78 is 15.7. The van der Waals surface area contributed by atoms with E-state index in [4.69, 9.17) is 13.7 Å². The maximum absolute atomic E-state index is 12.3. The number of fused-ring (bicyclic) bond motifs is 1. The van der Waals surface area contributed by atoms with E-state index in [2.05, 4.69) is 22.4 Å². The van der Waals surface area contributed by atoms with Crippen molar-refractivity contribution in [3.63, 3.8) is 0 Å². The smallest absolute Gasteiger partial charge is 0.337 e. The molecule has 29 heavy (non-hydrogen) atoms. The number of amides is 1. The number of benzene rings is 1. The summed E-state index contributed by atoms with van der Waals surface area (Å²) in [5.74, 6) is 1.56. The van der Waals surface area contributed by atoms with Gasteiger partial charge in [0.05, 0.1) is 7.11 Å². The number of hydrogen-bond acceptors (Lipinski definition) is 7. The Balaban J connectivity index is 1.45. The van der Waals surface area contributed by atoms with Crippen LogP contribution in [0.15, 0.2) is 62.5 Å². The molecule has 1 aliphatic rings. The van der Waals surface area contributed by atoms with Crippen LogP contribution in [0.5, 0.6) is 5.75 Å². The Hall–Kier alpha value is -3.81. The largest absolute Gasteiger partial charge is 0.497 e. The highest BCUT2D eigenvalue weighted by atomic mass is 16.5.